The molecule has 1 amide bonds. The van der Waals surface area contributed by atoms with Gasteiger partial charge in [0.05, 0.1) is 30.5 Å². The predicted octanol–water partition coefficient (Wildman–Crippen LogP) is 0.286. The van der Waals surface area contributed by atoms with Gasteiger partial charge in [0.2, 0.25) is 15.9 Å². The highest BCUT2D eigenvalue weighted by Gasteiger charge is 2.37. The van der Waals surface area contributed by atoms with Gasteiger partial charge in [-0.05, 0) is 26.7 Å². The smallest absolute Gasteiger partial charge is 0.246 e. The first kappa shape index (κ1) is 17.4. The van der Waals surface area contributed by atoms with Crippen molar-refractivity contribution in [1.82, 2.24) is 19.4 Å². The van der Waals surface area contributed by atoms with E-state index >= 15 is 0 Å². The third kappa shape index (κ3) is 3.20. The van der Waals surface area contributed by atoms with Crippen molar-refractivity contribution in [3.8, 4) is 0 Å². The molecule has 9 heteroatoms. The zero-order valence-electron chi connectivity index (χ0n) is 14.1. The number of hydrogen-bond acceptors (Lipinski definition) is 5. The van der Waals surface area contributed by atoms with Crippen LogP contribution in [-0.4, -0.2) is 73.1 Å². The fourth-order valence-corrected chi connectivity index (χ4v) is 5.31. The number of aromatic amines is 1. The Morgan fingerprint density at radius 3 is 2.58 bits per heavy atom. The van der Waals surface area contributed by atoms with Crippen LogP contribution in [-0.2, 0) is 19.6 Å². The lowest BCUT2D eigenvalue weighted by Gasteiger charge is -2.35. The van der Waals surface area contributed by atoms with Crippen LogP contribution in [0.5, 0.6) is 0 Å². The average Bonchev–Trinajstić information content (AvgIpc) is 2.94. The van der Waals surface area contributed by atoms with E-state index in [2.05, 4.69) is 10.2 Å². The zero-order chi connectivity index (χ0) is 17.3. The number of nitrogens with zero attached hydrogens (tertiary/aromatic N) is 3. The van der Waals surface area contributed by atoms with Crippen molar-refractivity contribution in [1.29, 1.82) is 0 Å². The maximum Gasteiger partial charge on any atom is 0.246 e. The topological polar surface area (TPSA) is 95.6 Å². The highest BCUT2D eigenvalue weighted by atomic mass is 32.2. The molecule has 1 atom stereocenters. The molecule has 1 aromatic rings. The van der Waals surface area contributed by atoms with E-state index in [1.807, 2.05) is 0 Å². The summed E-state index contributed by atoms with van der Waals surface area (Å²) in [6.45, 7) is 6.33. The fourth-order valence-electron chi connectivity index (χ4n) is 3.45. The summed E-state index contributed by atoms with van der Waals surface area (Å²) < 4.78 is 32.6. The molecule has 1 aromatic heterocycles. The number of aromatic nitrogens is 2. The molecule has 134 valence electrons. The molecule has 0 spiro atoms. The maximum absolute atomic E-state index is 13.0. The second kappa shape index (κ2) is 6.81. The molecule has 0 aliphatic carbocycles. The molecule has 0 radical (unpaired) electrons. The molecule has 3 heterocycles. The van der Waals surface area contributed by atoms with E-state index in [0.29, 0.717) is 50.7 Å². The number of ether oxygens (including phenoxy) is 1. The van der Waals surface area contributed by atoms with Crippen LogP contribution in [0.25, 0.3) is 0 Å². The van der Waals surface area contributed by atoms with Crippen LogP contribution < -0.4 is 0 Å². The summed E-state index contributed by atoms with van der Waals surface area (Å²) in [5.41, 5.74) is 1.00. The Balaban J connectivity index is 1.76. The zero-order valence-corrected chi connectivity index (χ0v) is 14.9. The number of morpholine rings is 1. The average molecular weight is 356 g/mol. The van der Waals surface area contributed by atoms with Crippen molar-refractivity contribution < 1.29 is 17.9 Å². The number of H-pyrrole nitrogens is 1. The Hall–Kier alpha value is -1.45. The van der Waals surface area contributed by atoms with E-state index in [9.17, 15) is 13.2 Å². The van der Waals surface area contributed by atoms with E-state index < -0.39 is 10.0 Å². The molecule has 2 saturated heterocycles. The Bertz CT molecular complexity index is 690. The Morgan fingerprint density at radius 2 is 1.96 bits per heavy atom. The van der Waals surface area contributed by atoms with Gasteiger partial charge in [-0.3, -0.25) is 9.89 Å². The molecule has 1 N–H and O–H groups in total. The lowest BCUT2D eigenvalue weighted by Crippen LogP contribution is -2.49. The van der Waals surface area contributed by atoms with Crippen LogP contribution in [0, 0.1) is 19.8 Å². The van der Waals surface area contributed by atoms with Gasteiger partial charge in [-0.25, -0.2) is 8.42 Å². The van der Waals surface area contributed by atoms with E-state index in [4.69, 9.17) is 4.74 Å². The third-order valence-electron chi connectivity index (χ3n) is 4.71. The van der Waals surface area contributed by atoms with Crippen LogP contribution in [0.2, 0.25) is 0 Å². The van der Waals surface area contributed by atoms with Gasteiger partial charge < -0.3 is 9.64 Å². The number of aryl methyl sites for hydroxylation is 2. The van der Waals surface area contributed by atoms with E-state index in [1.54, 1.807) is 18.7 Å². The Labute approximate surface area is 142 Å². The standard InChI is InChI=1S/C15H24N4O4S/c1-11-14(12(2)17-16-11)24(21,22)19-5-3-4-13(10-19)15(20)18-6-8-23-9-7-18/h13H,3-10H2,1-2H3,(H,16,17). The summed E-state index contributed by atoms with van der Waals surface area (Å²) in [7, 11) is -3.63. The van der Waals surface area contributed by atoms with Crippen molar-refractivity contribution >= 4 is 15.9 Å². The molecule has 2 fully saturated rings. The molecule has 0 saturated carbocycles. The quantitative estimate of drug-likeness (QED) is 0.840. The first-order chi connectivity index (χ1) is 11.4. The molecule has 8 nitrogen and oxygen atoms in total. The lowest BCUT2D eigenvalue weighted by molar-refractivity contribution is -0.140. The minimum absolute atomic E-state index is 0.0406. The van der Waals surface area contributed by atoms with Crippen LogP contribution in [0.4, 0.5) is 0 Å². The first-order valence-electron chi connectivity index (χ1n) is 8.29. The second-order valence-electron chi connectivity index (χ2n) is 6.40. The number of nitrogens with one attached hydrogen (secondary N) is 1. The van der Waals surface area contributed by atoms with E-state index in [-0.39, 0.29) is 23.3 Å². The number of piperidine rings is 1. The van der Waals surface area contributed by atoms with Gasteiger partial charge in [0.25, 0.3) is 0 Å². The van der Waals surface area contributed by atoms with Crippen LogP contribution >= 0.6 is 0 Å². The Kier molecular flexibility index (Phi) is 4.93. The lowest BCUT2D eigenvalue weighted by atomic mass is 9.98. The van der Waals surface area contributed by atoms with Crippen LogP contribution in [0.1, 0.15) is 24.2 Å². The van der Waals surface area contributed by atoms with Gasteiger partial charge in [0, 0.05) is 26.2 Å². The largest absolute Gasteiger partial charge is 0.378 e. The number of carbonyl (C=O) groups is 1. The van der Waals surface area contributed by atoms with Crippen molar-refractivity contribution in [3.63, 3.8) is 0 Å². The van der Waals surface area contributed by atoms with Gasteiger partial charge >= 0.3 is 0 Å². The minimum atomic E-state index is -3.63. The predicted molar refractivity (Wildman–Crippen MR) is 86.9 cm³/mol. The highest BCUT2D eigenvalue weighted by Crippen LogP contribution is 2.27. The number of rotatable bonds is 3. The molecule has 2 aliphatic rings. The molecule has 24 heavy (non-hydrogen) atoms. The van der Waals surface area contributed by atoms with Gasteiger partial charge in [0.1, 0.15) is 4.90 Å². The summed E-state index contributed by atoms with van der Waals surface area (Å²) in [4.78, 5) is 14.7. The first-order valence-corrected chi connectivity index (χ1v) is 9.73. The SMILES string of the molecule is Cc1n[nH]c(C)c1S(=O)(=O)N1CCCC(C(=O)N2CCOCC2)C1. The molecular formula is C15H24N4O4S. The molecular weight excluding hydrogens is 332 g/mol. The van der Waals surface area contributed by atoms with Gasteiger partial charge in [-0.15, -0.1) is 0 Å². The highest BCUT2D eigenvalue weighted by molar-refractivity contribution is 7.89. The van der Waals surface area contributed by atoms with Gasteiger partial charge in [0.15, 0.2) is 0 Å². The van der Waals surface area contributed by atoms with Gasteiger partial charge in [-0.1, -0.05) is 0 Å². The molecule has 0 aromatic carbocycles. The number of hydrogen-bond donors (Lipinski definition) is 1. The number of sulfonamides is 1. The third-order valence-corrected chi connectivity index (χ3v) is 6.84. The van der Waals surface area contributed by atoms with Crippen LogP contribution in [0.15, 0.2) is 4.90 Å². The van der Waals surface area contributed by atoms with Crippen molar-refractivity contribution in [3.05, 3.63) is 11.4 Å². The summed E-state index contributed by atoms with van der Waals surface area (Å²) >= 11 is 0. The van der Waals surface area contributed by atoms with Crippen LogP contribution in [0.3, 0.4) is 0 Å². The summed E-state index contributed by atoms with van der Waals surface area (Å²) in [5, 5.41) is 6.71. The number of carbonyl (C=O) groups excluding carboxylic acids is 1. The van der Waals surface area contributed by atoms with Crippen molar-refractivity contribution in [2.45, 2.75) is 31.6 Å². The van der Waals surface area contributed by atoms with Gasteiger partial charge in [-0.2, -0.15) is 9.40 Å². The fraction of sp³-hybridized carbons (Fsp3) is 0.733. The Morgan fingerprint density at radius 1 is 1.25 bits per heavy atom. The molecule has 3 rings (SSSR count). The van der Waals surface area contributed by atoms with E-state index in [1.165, 1.54) is 4.31 Å². The normalized spacial score (nSPS) is 23.4. The maximum atomic E-state index is 13.0. The van der Waals surface area contributed by atoms with Crippen molar-refractivity contribution in [2.24, 2.45) is 5.92 Å². The van der Waals surface area contributed by atoms with Crippen molar-refractivity contribution in [2.75, 3.05) is 39.4 Å². The van der Waals surface area contributed by atoms with E-state index in [0.717, 1.165) is 6.42 Å². The molecule has 2 aliphatic heterocycles. The minimum Gasteiger partial charge on any atom is -0.378 e. The summed E-state index contributed by atoms with van der Waals surface area (Å²) in [6.07, 6.45) is 1.42. The molecule has 0 bridgehead atoms. The number of amides is 1. The second-order valence-corrected chi connectivity index (χ2v) is 8.28. The summed E-state index contributed by atoms with van der Waals surface area (Å²) in [6, 6.07) is 0. The molecule has 1 unspecified atom stereocenters. The summed E-state index contributed by atoms with van der Waals surface area (Å²) in [5.74, 6) is -0.238. The monoisotopic (exact) mass is 356 g/mol.